The van der Waals surface area contributed by atoms with Crippen LogP contribution < -0.4 is 0 Å². The zero-order valence-corrected chi connectivity index (χ0v) is 13.3. The lowest BCUT2D eigenvalue weighted by Crippen LogP contribution is -2.42. The molecule has 0 saturated carbocycles. The van der Waals surface area contributed by atoms with Crippen LogP contribution in [-0.4, -0.2) is 44.7 Å². The molecule has 1 saturated heterocycles. The highest BCUT2D eigenvalue weighted by atomic mass is 35.5. The van der Waals surface area contributed by atoms with Gasteiger partial charge in [-0.3, -0.25) is 9.48 Å². The Balaban J connectivity index is 1.90. The van der Waals surface area contributed by atoms with E-state index in [2.05, 4.69) is 5.10 Å². The number of carbonyl (C=O) groups is 2. The minimum absolute atomic E-state index is 0.174. The average Bonchev–Trinajstić information content (AvgIpc) is 2.86. The van der Waals surface area contributed by atoms with E-state index >= 15 is 0 Å². The first-order valence-corrected chi connectivity index (χ1v) is 7.36. The summed E-state index contributed by atoms with van der Waals surface area (Å²) < 4.78 is 7.11. The summed E-state index contributed by atoms with van der Waals surface area (Å²) in [5.74, 6) is 0. The van der Waals surface area contributed by atoms with Crippen LogP contribution in [0.3, 0.4) is 0 Å². The lowest BCUT2D eigenvalue weighted by molar-refractivity contribution is 0.0185. The third kappa shape index (κ3) is 4.20. The van der Waals surface area contributed by atoms with Gasteiger partial charge in [-0.1, -0.05) is 0 Å². The molecule has 0 atom stereocenters. The van der Waals surface area contributed by atoms with Crippen molar-refractivity contribution < 1.29 is 14.3 Å². The average molecular weight is 314 g/mol. The Morgan fingerprint density at radius 3 is 2.43 bits per heavy atom. The van der Waals surface area contributed by atoms with Crippen molar-refractivity contribution in [2.45, 2.75) is 45.3 Å². The second-order valence-corrected chi connectivity index (χ2v) is 6.52. The minimum Gasteiger partial charge on any atom is -0.444 e. The van der Waals surface area contributed by atoms with E-state index in [4.69, 9.17) is 16.3 Å². The van der Waals surface area contributed by atoms with Gasteiger partial charge in [-0.15, -0.1) is 0 Å². The van der Waals surface area contributed by atoms with Crippen molar-refractivity contribution >= 4 is 22.9 Å². The maximum absolute atomic E-state index is 12.0. The van der Waals surface area contributed by atoms with Gasteiger partial charge in [0.15, 0.2) is 0 Å². The number of aromatic nitrogens is 2. The lowest BCUT2D eigenvalue weighted by atomic mass is 10.1. The van der Waals surface area contributed by atoms with E-state index in [0.29, 0.717) is 18.7 Å². The number of hydrogen-bond acceptors (Lipinski definition) is 4. The van der Waals surface area contributed by atoms with Crippen molar-refractivity contribution in [1.82, 2.24) is 14.7 Å². The molecule has 0 unspecified atom stereocenters. The number of rotatable bonds is 2. The summed E-state index contributed by atoms with van der Waals surface area (Å²) in [6.07, 6.45) is 4.39. The molecule has 1 aromatic rings. The van der Waals surface area contributed by atoms with Crippen LogP contribution in [0.1, 0.15) is 50.0 Å². The highest BCUT2D eigenvalue weighted by Crippen LogP contribution is 2.23. The molecule has 116 valence electrons. The number of nitrogens with zero attached hydrogens (tertiary/aromatic N) is 3. The molecular weight excluding hydrogens is 294 g/mol. The van der Waals surface area contributed by atoms with Crippen molar-refractivity contribution in [1.29, 1.82) is 0 Å². The summed E-state index contributed by atoms with van der Waals surface area (Å²) in [4.78, 5) is 24.7. The van der Waals surface area contributed by atoms with Crippen molar-refractivity contribution in [3.05, 3.63) is 18.0 Å². The van der Waals surface area contributed by atoms with E-state index in [0.717, 1.165) is 12.8 Å². The fourth-order valence-corrected chi connectivity index (χ4v) is 2.38. The molecule has 7 heteroatoms. The molecule has 1 aromatic heterocycles. The molecule has 0 bridgehead atoms. The van der Waals surface area contributed by atoms with Gasteiger partial charge in [0.2, 0.25) is 0 Å². The third-order valence-electron chi connectivity index (χ3n) is 3.32. The van der Waals surface area contributed by atoms with Crippen LogP contribution in [0.15, 0.2) is 12.4 Å². The van der Waals surface area contributed by atoms with Gasteiger partial charge in [-0.25, -0.2) is 4.79 Å². The highest BCUT2D eigenvalue weighted by Gasteiger charge is 2.27. The van der Waals surface area contributed by atoms with E-state index in [1.54, 1.807) is 15.8 Å². The highest BCUT2D eigenvalue weighted by molar-refractivity contribution is 6.67. The first-order chi connectivity index (χ1) is 9.76. The lowest BCUT2D eigenvalue weighted by Gasteiger charge is -2.33. The van der Waals surface area contributed by atoms with Crippen LogP contribution in [-0.2, 0) is 4.74 Å². The van der Waals surface area contributed by atoms with E-state index in [-0.39, 0.29) is 12.1 Å². The molecule has 1 amide bonds. The normalized spacial score (nSPS) is 16.9. The number of ether oxygens (including phenoxy) is 1. The van der Waals surface area contributed by atoms with Gasteiger partial charge in [0, 0.05) is 19.3 Å². The van der Waals surface area contributed by atoms with Crippen LogP contribution >= 0.6 is 11.6 Å². The van der Waals surface area contributed by atoms with E-state index in [9.17, 15) is 9.59 Å². The first kappa shape index (κ1) is 15.8. The molecular formula is C14H20ClN3O3. The molecule has 0 spiro atoms. The second-order valence-electron chi connectivity index (χ2n) is 6.18. The van der Waals surface area contributed by atoms with Crippen molar-refractivity contribution in [2.24, 2.45) is 0 Å². The molecule has 6 nitrogen and oxygen atoms in total. The number of halogens is 1. The third-order valence-corrected chi connectivity index (χ3v) is 3.54. The maximum Gasteiger partial charge on any atom is 0.410 e. The van der Waals surface area contributed by atoms with Crippen LogP contribution in [0.4, 0.5) is 4.79 Å². The molecule has 0 radical (unpaired) electrons. The summed E-state index contributed by atoms with van der Waals surface area (Å²) >= 11 is 5.42. The zero-order valence-electron chi connectivity index (χ0n) is 12.5. The van der Waals surface area contributed by atoms with Gasteiger partial charge in [0.25, 0.3) is 5.24 Å². The number of amides is 1. The summed E-state index contributed by atoms with van der Waals surface area (Å²) in [6.45, 7) is 6.79. The molecule has 0 aliphatic carbocycles. The molecule has 2 heterocycles. The predicted octanol–water partition coefficient (Wildman–Crippen LogP) is 2.83. The van der Waals surface area contributed by atoms with Gasteiger partial charge in [0.1, 0.15) is 5.60 Å². The van der Waals surface area contributed by atoms with Crippen molar-refractivity contribution in [2.75, 3.05) is 13.1 Å². The summed E-state index contributed by atoms with van der Waals surface area (Å²) in [5, 5.41) is 3.66. The summed E-state index contributed by atoms with van der Waals surface area (Å²) in [7, 11) is 0. The first-order valence-electron chi connectivity index (χ1n) is 6.98. The number of piperidine rings is 1. The Hall–Kier alpha value is -1.56. The molecule has 1 fully saturated rings. The fourth-order valence-electron chi connectivity index (χ4n) is 2.28. The van der Waals surface area contributed by atoms with Crippen molar-refractivity contribution in [3.8, 4) is 0 Å². The predicted molar refractivity (Wildman–Crippen MR) is 78.5 cm³/mol. The maximum atomic E-state index is 12.0. The topological polar surface area (TPSA) is 64.4 Å². The molecule has 1 aliphatic rings. The van der Waals surface area contributed by atoms with Gasteiger partial charge in [-0.05, 0) is 45.2 Å². The summed E-state index contributed by atoms with van der Waals surface area (Å²) in [5.41, 5.74) is -0.0860. The SMILES string of the molecule is CC(C)(C)OC(=O)N1CCC(n2cc(C(=O)Cl)cn2)CC1. The van der Waals surface area contributed by atoms with Crippen molar-refractivity contribution in [3.63, 3.8) is 0 Å². The Kier molecular flexibility index (Phi) is 4.56. The van der Waals surface area contributed by atoms with Crippen LogP contribution in [0.25, 0.3) is 0 Å². The molecule has 0 N–H and O–H groups in total. The molecule has 1 aliphatic heterocycles. The van der Waals surface area contributed by atoms with Gasteiger partial charge >= 0.3 is 6.09 Å². The number of hydrogen-bond donors (Lipinski definition) is 0. The molecule has 21 heavy (non-hydrogen) atoms. The van der Waals surface area contributed by atoms with Crippen LogP contribution in [0.5, 0.6) is 0 Å². The Morgan fingerprint density at radius 2 is 1.95 bits per heavy atom. The van der Waals surface area contributed by atoms with Gasteiger partial charge < -0.3 is 9.64 Å². The monoisotopic (exact) mass is 313 g/mol. The summed E-state index contributed by atoms with van der Waals surface area (Å²) in [6, 6.07) is 0.174. The van der Waals surface area contributed by atoms with Gasteiger partial charge in [0.05, 0.1) is 17.8 Å². The Bertz CT molecular complexity index is 528. The molecule has 0 aromatic carbocycles. The minimum atomic E-state index is -0.507. The smallest absolute Gasteiger partial charge is 0.410 e. The van der Waals surface area contributed by atoms with Crippen LogP contribution in [0.2, 0.25) is 0 Å². The Morgan fingerprint density at radius 1 is 1.33 bits per heavy atom. The van der Waals surface area contributed by atoms with E-state index < -0.39 is 10.8 Å². The number of likely N-dealkylation sites (tertiary alicyclic amines) is 1. The quantitative estimate of drug-likeness (QED) is 0.788. The fraction of sp³-hybridized carbons (Fsp3) is 0.643. The second kappa shape index (κ2) is 6.05. The molecule has 2 rings (SSSR count). The van der Waals surface area contributed by atoms with E-state index in [1.165, 1.54) is 6.20 Å². The van der Waals surface area contributed by atoms with E-state index in [1.807, 2.05) is 20.8 Å². The van der Waals surface area contributed by atoms with Crippen LogP contribution in [0, 0.1) is 0 Å². The number of carbonyl (C=O) groups excluding carboxylic acids is 2. The zero-order chi connectivity index (χ0) is 15.6. The Labute approximate surface area is 129 Å². The largest absolute Gasteiger partial charge is 0.444 e. The van der Waals surface area contributed by atoms with Gasteiger partial charge in [-0.2, -0.15) is 5.10 Å². The standard InChI is InChI=1S/C14H20ClN3O3/c1-14(2,3)21-13(20)17-6-4-11(5-7-17)18-9-10(8-16-18)12(15)19/h8-9,11H,4-7H2,1-3H3.